The molecule has 0 aliphatic carbocycles. The van der Waals surface area contributed by atoms with Crippen molar-refractivity contribution in [3.05, 3.63) is 52.2 Å². The number of likely N-dealkylation sites (tertiary alicyclic amines) is 1. The smallest absolute Gasteiger partial charge is 0.256 e. The zero-order valence-corrected chi connectivity index (χ0v) is 14.7. The Bertz CT molecular complexity index is 706. The van der Waals surface area contributed by atoms with Crippen molar-refractivity contribution < 1.29 is 9.59 Å². The van der Waals surface area contributed by atoms with E-state index >= 15 is 0 Å². The monoisotopic (exact) mass is 365 g/mol. The molecular weight excluding hydrogens is 346 g/mol. The van der Waals surface area contributed by atoms with E-state index in [2.05, 4.69) is 5.32 Å². The van der Waals surface area contributed by atoms with Crippen LogP contribution in [-0.2, 0) is 0 Å². The van der Waals surface area contributed by atoms with Gasteiger partial charge in [-0.2, -0.15) is 11.3 Å². The lowest BCUT2D eigenvalue weighted by atomic mass is 10.0. The average Bonchev–Trinajstić information content (AvgIpc) is 3.09. The molecule has 0 radical (unpaired) electrons. The number of hydrogen-bond acceptors (Lipinski definition) is 4. The highest BCUT2D eigenvalue weighted by molar-refractivity contribution is 7.08. The van der Waals surface area contributed by atoms with Crippen LogP contribution >= 0.6 is 23.7 Å². The molecule has 24 heavy (non-hydrogen) atoms. The fraction of sp³-hybridized carbons (Fsp3) is 0.294. The van der Waals surface area contributed by atoms with E-state index in [4.69, 9.17) is 5.73 Å². The molecule has 2 aromatic rings. The molecule has 2 amide bonds. The Hall–Kier alpha value is -1.89. The van der Waals surface area contributed by atoms with Gasteiger partial charge in [0.15, 0.2) is 0 Å². The van der Waals surface area contributed by atoms with Crippen molar-refractivity contribution in [3.8, 4) is 0 Å². The summed E-state index contributed by atoms with van der Waals surface area (Å²) in [6.07, 6.45) is 1.86. The maximum absolute atomic E-state index is 12.8. The first-order valence-electron chi connectivity index (χ1n) is 7.62. The minimum Gasteiger partial charge on any atom is -0.337 e. The summed E-state index contributed by atoms with van der Waals surface area (Å²) in [7, 11) is 0. The molecule has 5 nitrogen and oxygen atoms in total. The molecule has 3 N–H and O–H groups in total. The van der Waals surface area contributed by atoms with Gasteiger partial charge in [-0.05, 0) is 36.4 Å². The van der Waals surface area contributed by atoms with Gasteiger partial charge in [0.05, 0.1) is 16.8 Å². The summed E-state index contributed by atoms with van der Waals surface area (Å²) in [5, 5.41) is 6.46. The number of halogens is 1. The number of thiophene rings is 1. The number of anilines is 1. The topological polar surface area (TPSA) is 75.4 Å². The van der Waals surface area contributed by atoms with Crippen molar-refractivity contribution >= 4 is 41.2 Å². The summed E-state index contributed by atoms with van der Waals surface area (Å²) in [6, 6.07) is 8.89. The molecule has 1 atom stereocenters. The number of para-hydroxylation sites is 1. The highest BCUT2D eigenvalue weighted by Gasteiger charge is 2.24. The summed E-state index contributed by atoms with van der Waals surface area (Å²) in [5.74, 6) is -0.289. The van der Waals surface area contributed by atoms with E-state index in [1.54, 1.807) is 34.5 Å². The number of nitrogens with two attached hydrogens (primary N) is 1. The summed E-state index contributed by atoms with van der Waals surface area (Å²) in [5.41, 5.74) is 7.60. The summed E-state index contributed by atoms with van der Waals surface area (Å²) in [4.78, 5) is 26.8. The fourth-order valence-electron chi connectivity index (χ4n) is 2.73. The minimum atomic E-state index is -0.207. The van der Waals surface area contributed by atoms with Crippen LogP contribution in [0.1, 0.15) is 33.6 Å². The number of amides is 2. The van der Waals surface area contributed by atoms with Crippen LogP contribution in [0.2, 0.25) is 0 Å². The van der Waals surface area contributed by atoms with E-state index in [1.165, 1.54) is 11.3 Å². The van der Waals surface area contributed by atoms with Crippen LogP contribution in [0.4, 0.5) is 5.69 Å². The van der Waals surface area contributed by atoms with Crippen LogP contribution in [-0.4, -0.2) is 35.8 Å². The van der Waals surface area contributed by atoms with Gasteiger partial charge < -0.3 is 16.0 Å². The molecule has 0 saturated carbocycles. The molecule has 7 heteroatoms. The third-order valence-corrected chi connectivity index (χ3v) is 4.62. The van der Waals surface area contributed by atoms with E-state index in [9.17, 15) is 9.59 Å². The standard InChI is InChI=1S/C17H19N3O2S.ClH/c18-13-4-3-8-20(10-13)17(22)14-5-1-2-6-15(14)19-16(21)12-7-9-23-11-12;/h1-2,5-7,9,11,13H,3-4,8,10,18H2,(H,19,21);1H. The lowest BCUT2D eigenvalue weighted by molar-refractivity contribution is 0.0710. The first kappa shape index (κ1) is 18.4. The molecule has 0 bridgehead atoms. The number of nitrogens with one attached hydrogen (secondary N) is 1. The molecule has 1 aliphatic heterocycles. The molecule has 3 rings (SSSR count). The minimum absolute atomic E-state index is 0. The number of benzene rings is 1. The van der Waals surface area contributed by atoms with Gasteiger partial charge in [0.2, 0.25) is 0 Å². The number of nitrogens with zero attached hydrogens (tertiary/aromatic N) is 1. The van der Waals surface area contributed by atoms with Gasteiger partial charge in [0.25, 0.3) is 11.8 Å². The maximum Gasteiger partial charge on any atom is 0.256 e. The number of rotatable bonds is 3. The molecule has 1 aromatic heterocycles. The normalized spacial score (nSPS) is 17.0. The van der Waals surface area contributed by atoms with Crippen molar-refractivity contribution in [1.29, 1.82) is 0 Å². The van der Waals surface area contributed by atoms with E-state index in [0.717, 1.165) is 12.8 Å². The molecule has 1 aromatic carbocycles. The second kappa shape index (κ2) is 8.28. The fourth-order valence-corrected chi connectivity index (χ4v) is 3.37. The van der Waals surface area contributed by atoms with Gasteiger partial charge in [0, 0.05) is 24.5 Å². The molecule has 0 spiro atoms. The lowest BCUT2D eigenvalue weighted by Gasteiger charge is -2.31. The SMILES string of the molecule is Cl.NC1CCCN(C(=O)c2ccccc2NC(=O)c2ccsc2)C1. The number of carbonyl (C=O) groups excluding carboxylic acids is 2. The van der Waals surface area contributed by atoms with Gasteiger partial charge in [-0.1, -0.05) is 12.1 Å². The van der Waals surface area contributed by atoms with Crippen molar-refractivity contribution in [2.24, 2.45) is 5.73 Å². The van der Waals surface area contributed by atoms with Gasteiger partial charge in [-0.3, -0.25) is 9.59 Å². The zero-order chi connectivity index (χ0) is 16.2. The second-order valence-corrected chi connectivity index (χ2v) is 6.45. The van der Waals surface area contributed by atoms with Crippen LogP contribution in [0, 0.1) is 0 Å². The third kappa shape index (κ3) is 4.14. The zero-order valence-electron chi connectivity index (χ0n) is 13.1. The molecule has 1 fully saturated rings. The van der Waals surface area contributed by atoms with E-state index in [0.29, 0.717) is 29.9 Å². The second-order valence-electron chi connectivity index (χ2n) is 5.67. The van der Waals surface area contributed by atoms with Crippen molar-refractivity contribution in [3.63, 3.8) is 0 Å². The van der Waals surface area contributed by atoms with Gasteiger partial charge >= 0.3 is 0 Å². The quantitative estimate of drug-likeness (QED) is 0.877. The molecule has 1 aliphatic rings. The Kier molecular flexibility index (Phi) is 6.36. The molecule has 1 unspecified atom stereocenters. The molecular formula is C17H20ClN3O2S. The Morgan fingerprint density at radius 1 is 1.25 bits per heavy atom. The van der Waals surface area contributed by atoms with Gasteiger partial charge in [-0.25, -0.2) is 0 Å². The van der Waals surface area contributed by atoms with E-state index in [-0.39, 0.29) is 30.3 Å². The first-order valence-corrected chi connectivity index (χ1v) is 8.57. The van der Waals surface area contributed by atoms with Crippen LogP contribution in [0.3, 0.4) is 0 Å². The third-order valence-electron chi connectivity index (χ3n) is 3.93. The van der Waals surface area contributed by atoms with Gasteiger partial charge in [0.1, 0.15) is 0 Å². The summed E-state index contributed by atoms with van der Waals surface area (Å²) in [6.45, 7) is 1.27. The van der Waals surface area contributed by atoms with Crippen LogP contribution in [0.5, 0.6) is 0 Å². The number of piperidine rings is 1. The first-order chi connectivity index (χ1) is 11.1. The van der Waals surface area contributed by atoms with Crippen LogP contribution in [0.15, 0.2) is 41.1 Å². The highest BCUT2D eigenvalue weighted by atomic mass is 35.5. The predicted molar refractivity (Wildman–Crippen MR) is 99.1 cm³/mol. The van der Waals surface area contributed by atoms with Crippen LogP contribution in [0.25, 0.3) is 0 Å². The number of hydrogen-bond donors (Lipinski definition) is 2. The van der Waals surface area contributed by atoms with Crippen LogP contribution < -0.4 is 11.1 Å². The van der Waals surface area contributed by atoms with Crippen molar-refractivity contribution in [2.75, 3.05) is 18.4 Å². The predicted octanol–water partition coefficient (Wildman–Crippen LogP) is 2.99. The van der Waals surface area contributed by atoms with Crippen molar-refractivity contribution in [2.45, 2.75) is 18.9 Å². The molecule has 128 valence electrons. The van der Waals surface area contributed by atoms with E-state index in [1.807, 2.05) is 11.4 Å². The molecule has 2 heterocycles. The Balaban J connectivity index is 0.00000208. The average molecular weight is 366 g/mol. The molecule has 1 saturated heterocycles. The highest BCUT2D eigenvalue weighted by Crippen LogP contribution is 2.21. The largest absolute Gasteiger partial charge is 0.337 e. The maximum atomic E-state index is 12.8. The summed E-state index contributed by atoms with van der Waals surface area (Å²) < 4.78 is 0. The Labute approximate surface area is 151 Å². The van der Waals surface area contributed by atoms with Crippen molar-refractivity contribution in [1.82, 2.24) is 4.90 Å². The lowest BCUT2D eigenvalue weighted by Crippen LogP contribution is -2.45. The number of carbonyl (C=O) groups is 2. The summed E-state index contributed by atoms with van der Waals surface area (Å²) >= 11 is 1.46. The van der Waals surface area contributed by atoms with E-state index < -0.39 is 0 Å². The van der Waals surface area contributed by atoms with Gasteiger partial charge in [-0.15, -0.1) is 12.4 Å². The Morgan fingerprint density at radius 3 is 2.75 bits per heavy atom. The Morgan fingerprint density at radius 2 is 2.04 bits per heavy atom.